The van der Waals surface area contributed by atoms with Crippen LogP contribution in [-0.2, 0) is 37.3 Å². The van der Waals surface area contributed by atoms with Crippen molar-refractivity contribution in [3.8, 4) is 51.1 Å². The number of pyridine rings is 1. The molecule has 3 aromatic heterocycles. The third kappa shape index (κ3) is 8.94. The van der Waals surface area contributed by atoms with Crippen molar-refractivity contribution < 1.29 is 30.4 Å². The van der Waals surface area contributed by atoms with Crippen LogP contribution >= 0.6 is 0 Å². The monoisotopic (exact) mass is 1050 g/mol. The molecule has 10 aromatic rings. The van der Waals surface area contributed by atoms with Crippen LogP contribution in [0, 0.1) is 18.5 Å². The minimum absolute atomic E-state index is 0. The average molecular weight is 1050 g/mol. The summed E-state index contributed by atoms with van der Waals surface area (Å²) in [5.41, 5.74) is 12.5. The number of nitrogens with zero attached hydrogens (tertiary/aromatic N) is 4. The van der Waals surface area contributed by atoms with Gasteiger partial charge in [0, 0.05) is 55.9 Å². The molecule has 0 N–H and O–H groups in total. The van der Waals surface area contributed by atoms with Crippen molar-refractivity contribution in [2.24, 2.45) is 0 Å². The van der Waals surface area contributed by atoms with Crippen molar-refractivity contribution >= 4 is 21.8 Å². The van der Waals surface area contributed by atoms with Gasteiger partial charge in [0.2, 0.25) is 0 Å². The van der Waals surface area contributed by atoms with E-state index in [1.165, 1.54) is 22.3 Å². The van der Waals surface area contributed by atoms with Gasteiger partial charge in [-0.2, -0.15) is 12.1 Å². The molecule has 5 nitrogen and oxygen atoms in total. The number of hydrogen-bond acceptors (Lipinski definition) is 2. The summed E-state index contributed by atoms with van der Waals surface area (Å²) in [6.07, 6.45) is 7.85. The molecule has 0 atom stereocenters. The van der Waals surface area contributed by atoms with Crippen LogP contribution in [0.1, 0.15) is 77.6 Å². The molecule has 0 amide bonds. The van der Waals surface area contributed by atoms with Gasteiger partial charge in [0.15, 0.2) is 0 Å². The average Bonchev–Trinajstić information content (AvgIpc) is 3.92. The molecule has 0 spiro atoms. The first-order valence-corrected chi connectivity index (χ1v) is 22.8. The molecule has 0 aliphatic carbocycles. The fourth-order valence-electron chi connectivity index (χ4n) is 8.86. The molecular weight excluding hydrogens is 1000 g/mol. The van der Waals surface area contributed by atoms with Gasteiger partial charge in [0.05, 0.1) is 11.4 Å². The van der Waals surface area contributed by atoms with Crippen molar-refractivity contribution in [2.75, 3.05) is 0 Å². The van der Waals surface area contributed by atoms with Gasteiger partial charge in [-0.15, -0.1) is 35.2 Å². The maximum Gasteiger partial charge on any atom is 0.267 e. The fraction of sp³-hybridized carbons (Fsp3) is 0.180. The zero-order valence-electron chi connectivity index (χ0n) is 39.3. The van der Waals surface area contributed by atoms with Crippen LogP contribution in [0.25, 0.3) is 61.4 Å². The van der Waals surface area contributed by atoms with Crippen LogP contribution in [0.2, 0.25) is 0 Å². The van der Waals surface area contributed by atoms with Gasteiger partial charge in [-0.25, -0.2) is 4.98 Å². The van der Waals surface area contributed by atoms with Crippen molar-refractivity contribution in [2.45, 2.75) is 71.6 Å². The number of fused-ring (bicyclic) bond motifs is 3. The Morgan fingerprint density at radius 3 is 1.82 bits per heavy atom. The molecular formula is C61H54N4OPt-2. The predicted molar refractivity (Wildman–Crippen MR) is 269 cm³/mol. The minimum atomic E-state index is -0.240. The first-order valence-electron chi connectivity index (χ1n) is 22.8. The van der Waals surface area contributed by atoms with Crippen LogP contribution in [0.3, 0.4) is 0 Å². The summed E-state index contributed by atoms with van der Waals surface area (Å²) in [7, 11) is 0. The van der Waals surface area contributed by atoms with Crippen LogP contribution in [0.15, 0.2) is 182 Å². The summed E-state index contributed by atoms with van der Waals surface area (Å²) in [6, 6.07) is 67.1. The van der Waals surface area contributed by atoms with Gasteiger partial charge >= 0.3 is 0 Å². The zero-order chi connectivity index (χ0) is 45.8. The molecule has 0 saturated heterocycles. The summed E-state index contributed by atoms with van der Waals surface area (Å²) < 4.78 is 13.3. The van der Waals surface area contributed by atoms with Crippen molar-refractivity contribution in [1.29, 1.82) is 0 Å². The van der Waals surface area contributed by atoms with Crippen LogP contribution in [0.4, 0.5) is 0 Å². The van der Waals surface area contributed by atoms with E-state index in [-0.39, 0.29) is 37.3 Å². The number of rotatable bonds is 9. The Labute approximate surface area is 409 Å². The standard InChI is InChI=1S/C61H54N4O.Pt/c1-59(2,3)47-34-48(60(4,5)6)36-49(35-47)63-40-57(43-22-14-10-15-23-43)64(41-63)50-32-44(42-20-12-9-13-21-42)33-52(38-50)66-51-28-29-54-53-26-18-19-27-55(53)65(56(54)39-51)58-37-46(30-31-62-58)61(7,8)45-24-16-11-17-25-45;/h9-37,40H,1-8H3;/q-2;. The van der Waals surface area contributed by atoms with Gasteiger partial charge < -0.3 is 13.9 Å². The first kappa shape index (κ1) is 45.3. The number of ether oxygens (including phenoxy) is 1. The topological polar surface area (TPSA) is 35.9 Å². The van der Waals surface area contributed by atoms with E-state index in [1.54, 1.807) is 0 Å². The molecule has 10 rings (SSSR count). The number of benzene rings is 7. The second-order valence-corrected chi connectivity index (χ2v) is 19.9. The Morgan fingerprint density at radius 2 is 1.15 bits per heavy atom. The van der Waals surface area contributed by atoms with E-state index < -0.39 is 0 Å². The molecule has 0 fully saturated rings. The summed E-state index contributed by atoms with van der Waals surface area (Å²) in [5.74, 6) is 1.96. The summed E-state index contributed by atoms with van der Waals surface area (Å²) in [4.78, 5) is 4.97. The summed E-state index contributed by atoms with van der Waals surface area (Å²) >= 11 is 0. The normalized spacial score (nSPS) is 12.1. The number of para-hydroxylation sites is 1. The third-order valence-corrected chi connectivity index (χ3v) is 12.8. The second-order valence-electron chi connectivity index (χ2n) is 19.9. The van der Waals surface area contributed by atoms with Gasteiger partial charge in [0.1, 0.15) is 5.82 Å². The predicted octanol–water partition coefficient (Wildman–Crippen LogP) is 14.7. The van der Waals surface area contributed by atoms with E-state index in [4.69, 9.17) is 9.72 Å². The van der Waals surface area contributed by atoms with E-state index >= 15 is 0 Å². The van der Waals surface area contributed by atoms with E-state index in [9.17, 15) is 0 Å². The van der Waals surface area contributed by atoms with Crippen molar-refractivity contribution in [3.05, 3.63) is 223 Å². The quantitative estimate of drug-likeness (QED) is 0.107. The van der Waals surface area contributed by atoms with Crippen molar-refractivity contribution in [1.82, 2.24) is 14.1 Å². The van der Waals surface area contributed by atoms with E-state index in [1.807, 2.05) is 18.3 Å². The summed E-state index contributed by atoms with van der Waals surface area (Å²) in [6.45, 7) is 18.2. The van der Waals surface area contributed by atoms with E-state index in [2.05, 4.69) is 251 Å². The van der Waals surface area contributed by atoms with Gasteiger partial charge in [-0.1, -0.05) is 176 Å². The number of hydrogen-bond donors (Lipinski definition) is 0. The molecule has 0 unspecified atom stereocenters. The van der Waals surface area contributed by atoms with Crippen LogP contribution in [0.5, 0.6) is 11.5 Å². The Bertz CT molecular complexity index is 3340. The smallest absolute Gasteiger partial charge is 0.267 e. The molecule has 0 radical (unpaired) electrons. The summed E-state index contributed by atoms with van der Waals surface area (Å²) in [5, 5.41) is 2.19. The van der Waals surface area contributed by atoms with E-state index in [0.717, 1.165) is 61.4 Å². The molecule has 0 bridgehead atoms. The van der Waals surface area contributed by atoms with E-state index in [0.29, 0.717) is 11.5 Å². The zero-order valence-corrected chi connectivity index (χ0v) is 41.6. The Morgan fingerprint density at radius 1 is 0.522 bits per heavy atom. The molecule has 3 heterocycles. The van der Waals surface area contributed by atoms with Crippen molar-refractivity contribution in [3.63, 3.8) is 0 Å². The molecule has 7 aromatic carbocycles. The molecule has 0 aliphatic rings. The van der Waals surface area contributed by atoms with Crippen LogP contribution in [-0.4, -0.2) is 14.1 Å². The number of imidazole rings is 1. The van der Waals surface area contributed by atoms with Gasteiger partial charge in [0.25, 0.3) is 6.33 Å². The molecule has 336 valence electrons. The fourth-order valence-corrected chi connectivity index (χ4v) is 8.86. The molecule has 6 heteroatoms. The van der Waals surface area contributed by atoms with Gasteiger partial charge in [-0.05, 0) is 85.6 Å². The maximum atomic E-state index is 6.90. The number of aromatic nitrogens is 4. The largest absolute Gasteiger partial charge is 0.510 e. The maximum absolute atomic E-state index is 6.90. The first-order chi connectivity index (χ1) is 31.7. The molecule has 0 saturated carbocycles. The molecule has 67 heavy (non-hydrogen) atoms. The van der Waals surface area contributed by atoms with Crippen LogP contribution < -0.4 is 9.30 Å². The Hall–Kier alpha value is -6.81. The molecule has 0 aliphatic heterocycles. The SMILES string of the molecule is CC(C)(C)c1cc(-[n+]2[c-]n(-c3[c-]c(Oc4[c-]c5c(cc4)c4ccccc4n5-c4cc(C(C)(C)c5ccccc5)ccn4)cc(-c4ccccc4)c3)c(-c3ccccc3)c2)cc(C(C)(C)C)c1.[Pt]. The second kappa shape index (κ2) is 17.8. The minimum Gasteiger partial charge on any atom is -0.510 e. The van der Waals surface area contributed by atoms with Gasteiger partial charge in [-0.3, -0.25) is 4.57 Å². The Kier molecular flexibility index (Phi) is 12.0. The Balaban J connectivity index is 0.00000562. The third-order valence-electron chi connectivity index (χ3n) is 12.8.